The number of rotatable bonds is 4. The molecular formula is C19H15ClN4O3S. The highest BCUT2D eigenvalue weighted by molar-refractivity contribution is 7.15. The molecule has 28 heavy (non-hydrogen) atoms. The SMILES string of the molecule is Cc1nn(-c2ccc(C(=O)OCc3cc(=O)n4ccsc4n3)cc2)c(C)c1Cl. The van der Waals surface area contributed by atoms with Crippen LogP contribution in [0, 0.1) is 13.8 Å². The lowest BCUT2D eigenvalue weighted by Crippen LogP contribution is -2.14. The Morgan fingerprint density at radius 1 is 1.25 bits per heavy atom. The van der Waals surface area contributed by atoms with Gasteiger partial charge in [0.15, 0.2) is 4.96 Å². The Morgan fingerprint density at radius 2 is 2.00 bits per heavy atom. The minimum atomic E-state index is -0.494. The number of halogens is 1. The van der Waals surface area contributed by atoms with Gasteiger partial charge in [-0.15, -0.1) is 11.3 Å². The first-order valence-corrected chi connectivity index (χ1v) is 9.65. The standard InChI is InChI=1S/C19H15ClN4O3S/c1-11-17(20)12(2)24(22-11)15-5-3-13(4-6-15)18(26)27-10-14-9-16(25)23-7-8-28-19(23)21-14/h3-9H,10H2,1-2H3. The Hall–Kier alpha value is -2.97. The highest BCUT2D eigenvalue weighted by Gasteiger charge is 2.13. The average Bonchev–Trinajstić information content (AvgIpc) is 3.27. The molecule has 7 nitrogen and oxygen atoms in total. The van der Waals surface area contributed by atoms with Crippen molar-refractivity contribution in [2.45, 2.75) is 20.5 Å². The molecule has 0 aliphatic carbocycles. The van der Waals surface area contributed by atoms with Gasteiger partial charge in [0, 0.05) is 17.6 Å². The molecule has 142 valence electrons. The lowest BCUT2D eigenvalue weighted by atomic mass is 10.2. The van der Waals surface area contributed by atoms with Crippen LogP contribution >= 0.6 is 22.9 Å². The number of carbonyl (C=O) groups is 1. The number of nitrogens with zero attached hydrogens (tertiary/aromatic N) is 4. The maximum Gasteiger partial charge on any atom is 0.338 e. The summed E-state index contributed by atoms with van der Waals surface area (Å²) in [5, 5.41) is 6.78. The van der Waals surface area contributed by atoms with Crippen LogP contribution in [0.4, 0.5) is 0 Å². The van der Waals surface area contributed by atoms with Crippen LogP contribution in [-0.4, -0.2) is 25.1 Å². The molecule has 0 amide bonds. The van der Waals surface area contributed by atoms with E-state index in [2.05, 4.69) is 10.1 Å². The Kier molecular flexibility index (Phi) is 4.74. The van der Waals surface area contributed by atoms with Crippen molar-refractivity contribution in [1.82, 2.24) is 19.2 Å². The van der Waals surface area contributed by atoms with Crippen LogP contribution in [0.25, 0.3) is 10.6 Å². The molecule has 0 spiro atoms. The monoisotopic (exact) mass is 414 g/mol. The molecule has 0 saturated carbocycles. The van der Waals surface area contributed by atoms with Crippen LogP contribution in [0.2, 0.25) is 5.02 Å². The van der Waals surface area contributed by atoms with Crippen molar-refractivity contribution in [2.24, 2.45) is 0 Å². The lowest BCUT2D eigenvalue weighted by Gasteiger charge is -2.07. The molecule has 4 aromatic rings. The van der Waals surface area contributed by atoms with Gasteiger partial charge in [-0.05, 0) is 38.1 Å². The fourth-order valence-corrected chi connectivity index (χ4v) is 3.65. The first-order valence-electron chi connectivity index (χ1n) is 8.39. The highest BCUT2D eigenvalue weighted by Crippen LogP contribution is 2.22. The third kappa shape index (κ3) is 3.32. The number of esters is 1. The fraction of sp³-hybridized carbons (Fsp3) is 0.158. The molecule has 0 unspecified atom stereocenters. The largest absolute Gasteiger partial charge is 0.456 e. The van der Waals surface area contributed by atoms with E-state index >= 15 is 0 Å². The molecular weight excluding hydrogens is 400 g/mol. The van der Waals surface area contributed by atoms with Gasteiger partial charge in [-0.1, -0.05) is 11.6 Å². The molecule has 0 aliphatic heterocycles. The number of hydrogen-bond donors (Lipinski definition) is 0. The predicted octanol–water partition coefficient (Wildman–Crippen LogP) is 3.57. The van der Waals surface area contributed by atoms with Crippen LogP contribution in [0.5, 0.6) is 0 Å². The van der Waals surface area contributed by atoms with Crippen molar-refractivity contribution in [3.63, 3.8) is 0 Å². The van der Waals surface area contributed by atoms with Gasteiger partial charge in [-0.3, -0.25) is 9.20 Å². The van der Waals surface area contributed by atoms with Crippen LogP contribution in [0.1, 0.15) is 27.4 Å². The lowest BCUT2D eigenvalue weighted by molar-refractivity contribution is 0.0468. The van der Waals surface area contributed by atoms with Crippen molar-refractivity contribution in [3.8, 4) is 5.69 Å². The van der Waals surface area contributed by atoms with E-state index in [1.807, 2.05) is 13.8 Å². The van der Waals surface area contributed by atoms with Gasteiger partial charge in [-0.25, -0.2) is 14.5 Å². The Labute approximate surface area is 168 Å². The summed E-state index contributed by atoms with van der Waals surface area (Å²) in [6.45, 7) is 3.65. The minimum Gasteiger partial charge on any atom is -0.456 e. The molecule has 0 saturated heterocycles. The van der Waals surface area contributed by atoms with Crippen LogP contribution in [-0.2, 0) is 11.3 Å². The quantitative estimate of drug-likeness (QED) is 0.477. The summed E-state index contributed by atoms with van der Waals surface area (Å²) in [6, 6.07) is 8.23. The number of carbonyl (C=O) groups excluding carboxylic acids is 1. The molecule has 4 rings (SSSR count). The van der Waals surface area contributed by atoms with E-state index in [-0.39, 0.29) is 12.2 Å². The summed E-state index contributed by atoms with van der Waals surface area (Å²) >= 11 is 7.53. The van der Waals surface area contributed by atoms with E-state index in [1.54, 1.807) is 40.5 Å². The molecule has 0 aliphatic rings. The van der Waals surface area contributed by atoms with Crippen LogP contribution in [0.3, 0.4) is 0 Å². The highest BCUT2D eigenvalue weighted by atomic mass is 35.5. The second-order valence-electron chi connectivity index (χ2n) is 6.16. The summed E-state index contributed by atoms with van der Waals surface area (Å²) in [4.78, 5) is 29.2. The van der Waals surface area contributed by atoms with Crippen LogP contribution in [0.15, 0.2) is 46.7 Å². The Morgan fingerprint density at radius 3 is 2.68 bits per heavy atom. The van der Waals surface area contributed by atoms with E-state index in [4.69, 9.17) is 16.3 Å². The van der Waals surface area contributed by atoms with Crippen LogP contribution < -0.4 is 5.56 Å². The van der Waals surface area contributed by atoms with Crippen molar-refractivity contribution >= 4 is 33.9 Å². The zero-order chi connectivity index (χ0) is 19.8. The molecule has 3 aromatic heterocycles. The van der Waals surface area contributed by atoms with Crippen molar-refractivity contribution in [1.29, 1.82) is 0 Å². The molecule has 9 heteroatoms. The Bertz CT molecular complexity index is 1240. The van der Waals surface area contributed by atoms with Gasteiger partial charge >= 0.3 is 5.97 Å². The van der Waals surface area contributed by atoms with Gasteiger partial charge in [0.25, 0.3) is 5.56 Å². The van der Waals surface area contributed by atoms with Gasteiger partial charge in [0.05, 0.1) is 33.4 Å². The molecule has 0 N–H and O–H groups in total. The van der Waals surface area contributed by atoms with Crippen molar-refractivity contribution in [3.05, 3.63) is 79.9 Å². The second-order valence-corrected chi connectivity index (χ2v) is 7.41. The summed E-state index contributed by atoms with van der Waals surface area (Å²) in [6.07, 6.45) is 1.66. The number of aromatic nitrogens is 4. The zero-order valence-electron chi connectivity index (χ0n) is 15.0. The summed E-state index contributed by atoms with van der Waals surface area (Å²) in [5.74, 6) is -0.494. The maximum atomic E-state index is 12.3. The average molecular weight is 415 g/mol. The van der Waals surface area contributed by atoms with Crippen molar-refractivity contribution in [2.75, 3.05) is 0 Å². The smallest absolute Gasteiger partial charge is 0.338 e. The third-order valence-electron chi connectivity index (χ3n) is 4.26. The van der Waals surface area contributed by atoms with Gasteiger partial charge in [0.2, 0.25) is 0 Å². The van der Waals surface area contributed by atoms with E-state index in [1.165, 1.54) is 21.8 Å². The molecule has 0 atom stereocenters. The minimum absolute atomic E-state index is 0.0721. The Balaban J connectivity index is 1.48. The van der Waals surface area contributed by atoms with E-state index in [0.717, 1.165) is 17.1 Å². The number of benzene rings is 1. The molecule has 1 aromatic carbocycles. The summed E-state index contributed by atoms with van der Waals surface area (Å²) in [5.41, 5.74) is 2.97. The third-order valence-corrected chi connectivity index (χ3v) is 5.56. The second kappa shape index (κ2) is 7.21. The molecule has 3 heterocycles. The van der Waals surface area contributed by atoms with E-state index < -0.39 is 5.97 Å². The van der Waals surface area contributed by atoms with Gasteiger partial charge < -0.3 is 4.74 Å². The van der Waals surface area contributed by atoms with E-state index in [9.17, 15) is 9.59 Å². The van der Waals surface area contributed by atoms with Crippen molar-refractivity contribution < 1.29 is 9.53 Å². The molecule has 0 fully saturated rings. The predicted molar refractivity (Wildman–Crippen MR) is 107 cm³/mol. The number of ether oxygens (including phenoxy) is 1. The summed E-state index contributed by atoms with van der Waals surface area (Å²) in [7, 11) is 0. The normalized spacial score (nSPS) is 11.1. The first-order chi connectivity index (χ1) is 13.4. The first kappa shape index (κ1) is 18.4. The summed E-state index contributed by atoms with van der Waals surface area (Å²) < 4.78 is 8.47. The number of aryl methyl sites for hydroxylation is 1. The van der Waals surface area contributed by atoms with E-state index in [0.29, 0.717) is 21.2 Å². The molecule has 0 radical (unpaired) electrons. The fourth-order valence-electron chi connectivity index (χ4n) is 2.80. The number of hydrogen-bond acceptors (Lipinski definition) is 6. The number of fused-ring (bicyclic) bond motifs is 1. The van der Waals surface area contributed by atoms with Gasteiger partial charge in [0.1, 0.15) is 6.61 Å². The topological polar surface area (TPSA) is 78.5 Å². The zero-order valence-corrected chi connectivity index (χ0v) is 16.6. The van der Waals surface area contributed by atoms with Gasteiger partial charge in [-0.2, -0.15) is 5.10 Å². The maximum absolute atomic E-state index is 12.3. The number of thiazole rings is 1. The molecule has 0 bridgehead atoms.